The molecule has 0 unspecified atom stereocenters. The predicted octanol–water partition coefficient (Wildman–Crippen LogP) is 1.93. The number of carbonyl (C=O) groups is 4. The van der Waals surface area contributed by atoms with Crippen molar-refractivity contribution in [3.8, 4) is 0 Å². The Morgan fingerprint density at radius 1 is 0.792 bits per heavy atom. The molecule has 0 spiro atoms. The van der Waals surface area contributed by atoms with Crippen LogP contribution in [0.2, 0.25) is 0 Å². The summed E-state index contributed by atoms with van der Waals surface area (Å²) in [6.07, 6.45) is -1.83. The molecule has 0 saturated carbocycles. The number of carbonyl (C=O) groups excluding carboxylic acids is 4. The number of hydrogen-bond donors (Lipinski definition) is 1. The zero-order valence-electron chi connectivity index (χ0n) is 13.7. The lowest BCUT2D eigenvalue weighted by atomic mass is 10.1. The maximum atomic E-state index is 11.6. The van der Waals surface area contributed by atoms with Crippen LogP contribution >= 0.6 is 47.0 Å². The Labute approximate surface area is 158 Å². The second-order valence-electron chi connectivity index (χ2n) is 5.09. The van der Waals surface area contributed by atoms with E-state index in [-0.39, 0.29) is 26.2 Å². The van der Waals surface area contributed by atoms with Crippen LogP contribution in [-0.2, 0) is 23.9 Å². The molecule has 5 atom stereocenters. The van der Waals surface area contributed by atoms with Gasteiger partial charge in [0, 0.05) is 38.7 Å². The van der Waals surface area contributed by atoms with Crippen molar-refractivity contribution in [2.45, 2.75) is 55.8 Å². The van der Waals surface area contributed by atoms with Gasteiger partial charge in [0.1, 0.15) is 0 Å². The number of aliphatic hydroxyl groups is 1. The van der Waals surface area contributed by atoms with Gasteiger partial charge in [0.05, 0.1) is 16.6 Å². The molecular weight excluding hydrogens is 392 g/mol. The highest BCUT2D eigenvalue weighted by molar-refractivity contribution is 8.19. The van der Waals surface area contributed by atoms with Crippen LogP contribution in [0.15, 0.2) is 0 Å². The summed E-state index contributed by atoms with van der Waals surface area (Å²) in [4.78, 5) is 46.0. The Morgan fingerprint density at radius 2 is 1.25 bits per heavy atom. The van der Waals surface area contributed by atoms with E-state index in [1.807, 2.05) is 0 Å². The summed E-state index contributed by atoms with van der Waals surface area (Å²) in [6, 6.07) is 0. The fourth-order valence-electron chi connectivity index (χ4n) is 2.21. The van der Waals surface area contributed by atoms with E-state index >= 15 is 0 Å². The monoisotopic (exact) mass is 412 g/mol. The molecule has 1 aliphatic heterocycles. The van der Waals surface area contributed by atoms with Crippen molar-refractivity contribution in [2.75, 3.05) is 5.75 Å². The molecule has 0 aromatic heterocycles. The molecule has 0 amide bonds. The molecule has 0 radical (unpaired) electrons. The van der Waals surface area contributed by atoms with Crippen molar-refractivity contribution < 1.29 is 29.0 Å². The summed E-state index contributed by atoms with van der Waals surface area (Å²) >= 11 is 3.96. The highest BCUT2D eigenvalue weighted by Crippen LogP contribution is 2.42. The van der Waals surface area contributed by atoms with E-state index in [4.69, 9.17) is 4.74 Å². The van der Waals surface area contributed by atoms with Gasteiger partial charge in [-0.3, -0.25) is 19.2 Å². The number of hydrogen-bond acceptors (Lipinski definition) is 10. The van der Waals surface area contributed by atoms with E-state index < -0.39 is 28.1 Å². The Morgan fingerprint density at radius 3 is 1.71 bits per heavy atom. The summed E-state index contributed by atoms with van der Waals surface area (Å²) in [5, 5.41) is 8.06. The van der Waals surface area contributed by atoms with E-state index in [9.17, 15) is 24.3 Å². The molecule has 24 heavy (non-hydrogen) atoms. The van der Waals surface area contributed by atoms with Gasteiger partial charge in [-0.2, -0.15) is 0 Å². The Bertz CT molecular complexity index is 511. The molecule has 6 nitrogen and oxygen atoms in total. The van der Waals surface area contributed by atoms with Gasteiger partial charge in [-0.15, -0.1) is 0 Å². The molecule has 1 aliphatic rings. The first-order chi connectivity index (χ1) is 11.1. The number of thioether (sulfide) groups is 4. The third-order valence-electron chi connectivity index (χ3n) is 2.97. The standard InChI is InChI=1S/C14H20O6S4/c1-6(15)21-5-10-11(22-7(2)16)12(23-8(3)17)13(14(19)20-10)24-9(4)18/h10-14,19H,5H2,1-4H3/t10-,11+,12-,13+,14+/m1/s1. The average molecular weight is 413 g/mol. The minimum Gasteiger partial charge on any atom is -0.367 e. The maximum absolute atomic E-state index is 11.6. The fourth-order valence-corrected chi connectivity index (χ4v) is 6.61. The molecule has 1 N–H and O–H groups in total. The van der Waals surface area contributed by atoms with Crippen molar-refractivity contribution in [3.05, 3.63) is 0 Å². The van der Waals surface area contributed by atoms with Crippen LogP contribution in [0.4, 0.5) is 0 Å². The largest absolute Gasteiger partial charge is 0.367 e. The molecule has 1 fully saturated rings. The summed E-state index contributed by atoms with van der Waals surface area (Å²) in [5.74, 6) is 0.268. The van der Waals surface area contributed by atoms with E-state index in [0.29, 0.717) is 0 Å². The smallest absolute Gasteiger partial charge is 0.186 e. The second-order valence-corrected chi connectivity index (χ2v) is 10.4. The Balaban J connectivity index is 3.11. The molecule has 136 valence electrons. The summed E-state index contributed by atoms with van der Waals surface area (Å²) < 4.78 is 5.59. The van der Waals surface area contributed by atoms with E-state index in [0.717, 1.165) is 47.0 Å². The first kappa shape index (κ1) is 22.0. The lowest BCUT2D eigenvalue weighted by Crippen LogP contribution is -2.55. The third-order valence-corrected chi connectivity index (χ3v) is 7.73. The molecule has 1 saturated heterocycles. The number of rotatable bonds is 5. The first-order valence-corrected chi connectivity index (χ1v) is 10.7. The van der Waals surface area contributed by atoms with Crippen molar-refractivity contribution in [2.24, 2.45) is 0 Å². The Hall–Kier alpha value is -0.000000000000000167. The second kappa shape index (κ2) is 10.2. The van der Waals surface area contributed by atoms with Gasteiger partial charge in [0.2, 0.25) is 0 Å². The van der Waals surface area contributed by atoms with Crippen LogP contribution in [-0.4, -0.2) is 59.5 Å². The molecule has 10 heteroatoms. The van der Waals surface area contributed by atoms with Crippen LogP contribution in [0.25, 0.3) is 0 Å². The molecule has 0 aromatic carbocycles. The van der Waals surface area contributed by atoms with Gasteiger partial charge < -0.3 is 9.84 Å². The van der Waals surface area contributed by atoms with Crippen molar-refractivity contribution >= 4 is 67.5 Å². The topological polar surface area (TPSA) is 97.7 Å². The van der Waals surface area contributed by atoms with Gasteiger partial charge in [-0.1, -0.05) is 47.0 Å². The van der Waals surface area contributed by atoms with Crippen LogP contribution in [0, 0.1) is 0 Å². The fraction of sp³-hybridized carbons (Fsp3) is 0.714. The molecule has 1 rings (SSSR count). The van der Waals surface area contributed by atoms with Crippen LogP contribution in [0.1, 0.15) is 27.7 Å². The molecule has 0 aliphatic carbocycles. The lowest BCUT2D eigenvalue weighted by molar-refractivity contribution is -0.147. The number of aliphatic hydroxyl groups excluding tert-OH is 1. The zero-order chi connectivity index (χ0) is 18.4. The van der Waals surface area contributed by atoms with Gasteiger partial charge in [0.25, 0.3) is 0 Å². The molecule has 0 bridgehead atoms. The van der Waals surface area contributed by atoms with E-state index in [1.165, 1.54) is 27.7 Å². The molecule has 1 heterocycles. The summed E-state index contributed by atoms with van der Waals surface area (Å²) in [6.45, 7) is 5.61. The third kappa shape index (κ3) is 7.09. The molecular formula is C14H20O6S4. The van der Waals surface area contributed by atoms with Crippen LogP contribution < -0.4 is 0 Å². The molecule has 0 aromatic rings. The Kier molecular flexibility index (Phi) is 9.39. The lowest BCUT2D eigenvalue weighted by Gasteiger charge is -2.43. The van der Waals surface area contributed by atoms with E-state index in [1.54, 1.807) is 0 Å². The van der Waals surface area contributed by atoms with Crippen LogP contribution in [0.3, 0.4) is 0 Å². The van der Waals surface area contributed by atoms with Gasteiger partial charge in [0.15, 0.2) is 26.8 Å². The highest BCUT2D eigenvalue weighted by atomic mass is 32.2. The summed E-state index contributed by atoms with van der Waals surface area (Å²) in [5.41, 5.74) is 0. The highest BCUT2D eigenvalue weighted by Gasteiger charge is 2.48. The predicted molar refractivity (Wildman–Crippen MR) is 100 cm³/mol. The van der Waals surface area contributed by atoms with Crippen molar-refractivity contribution in [1.82, 2.24) is 0 Å². The van der Waals surface area contributed by atoms with Gasteiger partial charge >= 0.3 is 0 Å². The minimum absolute atomic E-state index is 0.101. The minimum atomic E-state index is -1.25. The SMILES string of the molecule is CC(=O)SC[C@H]1O[C@H](O)[C@@H](SC(C)=O)[C@H](SC(C)=O)[C@H]1SC(C)=O. The average Bonchev–Trinajstić information content (AvgIpc) is 2.42. The van der Waals surface area contributed by atoms with E-state index in [2.05, 4.69) is 0 Å². The first-order valence-electron chi connectivity index (χ1n) is 7.10. The quantitative estimate of drug-likeness (QED) is 0.721. The van der Waals surface area contributed by atoms with Crippen LogP contribution in [0.5, 0.6) is 0 Å². The van der Waals surface area contributed by atoms with Gasteiger partial charge in [-0.25, -0.2) is 0 Å². The zero-order valence-corrected chi connectivity index (χ0v) is 17.0. The van der Waals surface area contributed by atoms with Crippen molar-refractivity contribution in [3.63, 3.8) is 0 Å². The normalized spacial score (nSPS) is 30.0. The van der Waals surface area contributed by atoms with Gasteiger partial charge in [-0.05, 0) is 0 Å². The van der Waals surface area contributed by atoms with Crippen molar-refractivity contribution in [1.29, 1.82) is 0 Å². The summed E-state index contributed by atoms with van der Waals surface area (Å²) in [7, 11) is 0. The number of ether oxygens (including phenoxy) is 1. The maximum Gasteiger partial charge on any atom is 0.186 e.